The molecule has 8 heteroatoms. The Hall–Kier alpha value is -2.35. The molecule has 0 radical (unpaired) electrons. The van der Waals surface area contributed by atoms with Crippen LogP contribution in [-0.4, -0.2) is 58.0 Å². The Morgan fingerprint density at radius 3 is 2.54 bits per heavy atom. The zero-order chi connectivity index (χ0) is 19.3. The van der Waals surface area contributed by atoms with Gasteiger partial charge in [-0.3, -0.25) is 14.9 Å². The summed E-state index contributed by atoms with van der Waals surface area (Å²) >= 11 is 7.47. The Bertz CT molecular complexity index is 941. The highest BCUT2D eigenvalue weighted by Gasteiger charge is 2.21. The Morgan fingerprint density at radius 1 is 1.11 bits per heavy atom. The van der Waals surface area contributed by atoms with E-state index in [2.05, 4.69) is 15.2 Å². The number of H-pyrrole nitrogens is 1. The van der Waals surface area contributed by atoms with Crippen molar-refractivity contribution >= 4 is 29.3 Å². The van der Waals surface area contributed by atoms with Gasteiger partial charge in [-0.15, -0.1) is 0 Å². The summed E-state index contributed by atoms with van der Waals surface area (Å²) in [6, 6.07) is 11.5. The highest BCUT2D eigenvalue weighted by molar-refractivity contribution is 8.00. The van der Waals surface area contributed by atoms with Crippen molar-refractivity contribution in [3.05, 3.63) is 53.8 Å². The summed E-state index contributed by atoms with van der Waals surface area (Å²) in [7, 11) is 0. The van der Waals surface area contributed by atoms with Crippen molar-refractivity contribution in [3.63, 3.8) is 0 Å². The zero-order valence-electron chi connectivity index (χ0n) is 15.1. The van der Waals surface area contributed by atoms with Crippen LogP contribution in [0.15, 0.2) is 53.8 Å². The standard InChI is InChI=1S/C20H19ClN4O2S/c21-16-3-1-15(2-4-16)19-18(14-5-7-22-8-6-14)20(24-23-19)28-13-17(26)25-9-11-27-12-10-25/h1-8H,9-13H2,(H,23,24). The van der Waals surface area contributed by atoms with Crippen LogP contribution in [0.1, 0.15) is 0 Å². The second kappa shape index (κ2) is 8.77. The molecule has 6 nitrogen and oxygen atoms in total. The summed E-state index contributed by atoms with van der Waals surface area (Å²) < 4.78 is 5.32. The maximum absolute atomic E-state index is 12.5. The van der Waals surface area contributed by atoms with Crippen molar-refractivity contribution in [1.29, 1.82) is 0 Å². The molecule has 1 aliphatic heterocycles. The van der Waals surface area contributed by atoms with E-state index >= 15 is 0 Å². The molecule has 0 spiro atoms. The molecule has 1 saturated heterocycles. The fraction of sp³-hybridized carbons (Fsp3) is 0.250. The average Bonchev–Trinajstić information content (AvgIpc) is 3.17. The lowest BCUT2D eigenvalue weighted by molar-refractivity contribution is -0.132. The van der Waals surface area contributed by atoms with Crippen LogP contribution in [0.4, 0.5) is 0 Å². The van der Waals surface area contributed by atoms with E-state index in [0.29, 0.717) is 37.1 Å². The van der Waals surface area contributed by atoms with E-state index < -0.39 is 0 Å². The molecule has 1 aromatic carbocycles. The largest absolute Gasteiger partial charge is 0.378 e. The van der Waals surface area contributed by atoms with E-state index in [-0.39, 0.29) is 5.91 Å². The van der Waals surface area contributed by atoms with Gasteiger partial charge in [0.25, 0.3) is 0 Å². The number of aromatic nitrogens is 3. The lowest BCUT2D eigenvalue weighted by atomic mass is 10.0. The number of ether oxygens (including phenoxy) is 1. The van der Waals surface area contributed by atoms with Gasteiger partial charge in [0.05, 0.1) is 24.7 Å². The third kappa shape index (κ3) is 4.22. The summed E-state index contributed by atoms with van der Waals surface area (Å²) in [5.74, 6) is 0.438. The van der Waals surface area contributed by atoms with E-state index in [4.69, 9.17) is 16.3 Å². The van der Waals surface area contributed by atoms with Crippen LogP contribution in [0.2, 0.25) is 5.02 Å². The number of hydrogen-bond donors (Lipinski definition) is 1. The second-order valence-corrected chi connectivity index (χ2v) is 7.70. The Labute approximate surface area is 172 Å². The maximum Gasteiger partial charge on any atom is 0.233 e. The zero-order valence-corrected chi connectivity index (χ0v) is 16.7. The first-order chi connectivity index (χ1) is 13.7. The number of carbonyl (C=O) groups is 1. The Kier molecular flexibility index (Phi) is 5.95. The van der Waals surface area contributed by atoms with E-state index in [1.54, 1.807) is 12.4 Å². The topological polar surface area (TPSA) is 71.1 Å². The number of hydrogen-bond acceptors (Lipinski definition) is 5. The molecule has 0 saturated carbocycles. The molecule has 1 amide bonds. The van der Waals surface area contributed by atoms with Crippen LogP contribution >= 0.6 is 23.4 Å². The molecule has 0 aliphatic carbocycles. The normalized spacial score (nSPS) is 14.2. The second-order valence-electron chi connectivity index (χ2n) is 6.30. The van der Waals surface area contributed by atoms with Gasteiger partial charge in [0, 0.05) is 41.6 Å². The van der Waals surface area contributed by atoms with Gasteiger partial charge in [-0.1, -0.05) is 35.5 Å². The molecule has 0 bridgehead atoms. The van der Waals surface area contributed by atoms with Gasteiger partial charge < -0.3 is 9.64 Å². The van der Waals surface area contributed by atoms with Gasteiger partial charge in [-0.25, -0.2) is 0 Å². The molecule has 144 valence electrons. The average molecular weight is 415 g/mol. The van der Waals surface area contributed by atoms with Crippen LogP contribution in [0, 0.1) is 0 Å². The van der Waals surface area contributed by atoms with Gasteiger partial charge in [0.1, 0.15) is 5.03 Å². The molecular formula is C20H19ClN4O2S. The lowest BCUT2D eigenvalue weighted by Gasteiger charge is -2.26. The fourth-order valence-corrected chi connectivity index (χ4v) is 4.12. The number of aromatic amines is 1. The molecule has 1 N–H and O–H groups in total. The van der Waals surface area contributed by atoms with Crippen molar-refractivity contribution in [2.24, 2.45) is 0 Å². The van der Waals surface area contributed by atoms with E-state index in [1.807, 2.05) is 41.3 Å². The smallest absolute Gasteiger partial charge is 0.233 e. The van der Waals surface area contributed by atoms with Gasteiger partial charge in [0.15, 0.2) is 0 Å². The van der Waals surface area contributed by atoms with Gasteiger partial charge >= 0.3 is 0 Å². The number of nitrogens with one attached hydrogen (secondary N) is 1. The number of thioether (sulfide) groups is 1. The number of benzene rings is 1. The molecule has 28 heavy (non-hydrogen) atoms. The first-order valence-electron chi connectivity index (χ1n) is 8.95. The minimum atomic E-state index is 0.102. The Balaban J connectivity index is 1.62. The van der Waals surface area contributed by atoms with Crippen LogP contribution < -0.4 is 0 Å². The molecule has 4 rings (SSSR count). The quantitative estimate of drug-likeness (QED) is 0.644. The first-order valence-corrected chi connectivity index (χ1v) is 10.3. The summed E-state index contributed by atoms with van der Waals surface area (Å²) in [5, 5.41) is 9.10. The van der Waals surface area contributed by atoms with Gasteiger partial charge in [-0.2, -0.15) is 5.10 Å². The number of morpholine rings is 1. The summed E-state index contributed by atoms with van der Waals surface area (Å²) in [6.07, 6.45) is 3.50. The van der Waals surface area contributed by atoms with Crippen LogP contribution in [0.25, 0.3) is 22.4 Å². The number of halogens is 1. The van der Waals surface area contributed by atoms with Crippen molar-refractivity contribution in [3.8, 4) is 22.4 Å². The minimum Gasteiger partial charge on any atom is -0.378 e. The molecule has 1 fully saturated rings. The van der Waals surface area contributed by atoms with E-state index in [0.717, 1.165) is 27.4 Å². The number of carbonyl (C=O) groups excluding carboxylic acids is 1. The van der Waals surface area contributed by atoms with Crippen molar-refractivity contribution in [2.75, 3.05) is 32.1 Å². The summed E-state index contributed by atoms with van der Waals surface area (Å²) in [4.78, 5) is 18.5. The highest BCUT2D eigenvalue weighted by atomic mass is 35.5. The molecule has 0 atom stereocenters. The Morgan fingerprint density at radius 2 is 1.82 bits per heavy atom. The van der Waals surface area contributed by atoms with Crippen LogP contribution in [0.5, 0.6) is 0 Å². The van der Waals surface area contributed by atoms with Crippen LogP contribution in [0.3, 0.4) is 0 Å². The maximum atomic E-state index is 12.5. The predicted molar refractivity (Wildman–Crippen MR) is 110 cm³/mol. The molecule has 3 heterocycles. The van der Waals surface area contributed by atoms with Crippen molar-refractivity contribution in [1.82, 2.24) is 20.1 Å². The molecule has 0 unspecified atom stereocenters. The SMILES string of the molecule is O=C(CSc1n[nH]c(-c2ccc(Cl)cc2)c1-c1ccncc1)N1CCOCC1. The number of rotatable bonds is 5. The van der Waals surface area contributed by atoms with E-state index in [1.165, 1.54) is 11.8 Å². The third-order valence-corrected chi connectivity index (χ3v) is 5.74. The highest BCUT2D eigenvalue weighted by Crippen LogP contribution is 2.38. The molecule has 2 aromatic heterocycles. The van der Waals surface area contributed by atoms with Crippen molar-refractivity contribution < 1.29 is 9.53 Å². The predicted octanol–water partition coefficient (Wildman–Crippen LogP) is 3.74. The van der Waals surface area contributed by atoms with Gasteiger partial charge in [-0.05, 0) is 29.8 Å². The van der Waals surface area contributed by atoms with Crippen LogP contribution in [-0.2, 0) is 9.53 Å². The molecular weight excluding hydrogens is 396 g/mol. The van der Waals surface area contributed by atoms with Crippen molar-refractivity contribution in [2.45, 2.75) is 5.03 Å². The number of pyridine rings is 1. The minimum absolute atomic E-state index is 0.102. The lowest BCUT2D eigenvalue weighted by Crippen LogP contribution is -2.41. The van der Waals surface area contributed by atoms with E-state index in [9.17, 15) is 4.79 Å². The molecule has 1 aliphatic rings. The van der Waals surface area contributed by atoms with Gasteiger partial charge in [0.2, 0.25) is 5.91 Å². The monoisotopic (exact) mass is 414 g/mol. The number of nitrogens with zero attached hydrogens (tertiary/aromatic N) is 3. The fourth-order valence-electron chi connectivity index (χ4n) is 3.08. The first kappa shape index (κ1) is 19.0. The third-order valence-electron chi connectivity index (χ3n) is 4.53. The summed E-state index contributed by atoms with van der Waals surface area (Å²) in [5.41, 5.74) is 3.83. The number of amides is 1. The summed E-state index contributed by atoms with van der Waals surface area (Å²) in [6.45, 7) is 2.49. The molecule has 3 aromatic rings.